The molecule has 0 saturated carbocycles. The zero-order valence-corrected chi connectivity index (χ0v) is 12.2. The molecule has 0 radical (unpaired) electrons. The number of esters is 1. The average Bonchev–Trinajstić information content (AvgIpc) is 2.46. The smallest absolute Gasteiger partial charge is 0.308 e. The topological polar surface area (TPSA) is 75.9 Å². The van der Waals surface area contributed by atoms with Crippen molar-refractivity contribution in [3.63, 3.8) is 0 Å². The number of hydrogen-bond donors (Lipinski definition) is 1. The van der Waals surface area contributed by atoms with Crippen LogP contribution in [0.3, 0.4) is 0 Å². The van der Waals surface area contributed by atoms with Crippen LogP contribution < -0.4 is 5.73 Å². The zero-order valence-electron chi connectivity index (χ0n) is 12.2. The van der Waals surface area contributed by atoms with Gasteiger partial charge >= 0.3 is 5.97 Å². The molecule has 6 nitrogen and oxygen atoms in total. The van der Waals surface area contributed by atoms with Crippen molar-refractivity contribution in [2.24, 2.45) is 11.7 Å². The van der Waals surface area contributed by atoms with E-state index in [0.717, 1.165) is 25.9 Å². The number of ether oxygens (including phenoxy) is 1. The van der Waals surface area contributed by atoms with E-state index in [1.165, 1.54) is 7.11 Å². The van der Waals surface area contributed by atoms with Crippen molar-refractivity contribution in [2.45, 2.75) is 31.7 Å². The Balaban J connectivity index is 1.75. The van der Waals surface area contributed by atoms with Gasteiger partial charge < -0.3 is 15.4 Å². The maximum absolute atomic E-state index is 12.2. The summed E-state index contributed by atoms with van der Waals surface area (Å²) in [5.74, 6) is -0.0472. The highest BCUT2D eigenvalue weighted by Crippen LogP contribution is 2.19. The number of methoxy groups -OCH3 is 1. The molecule has 1 atom stereocenters. The number of amides is 1. The van der Waals surface area contributed by atoms with Crippen molar-refractivity contribution in [3.05, 3.63) is 0 Å². The number of piperidine rings is 2. The summed E-state index contributed by atoms with van der Waals surface area (Å²) in [5, 5.41) is 0. The average molecular weight is 283 g/mol. The summed E-state index contributed by atoms with van der Waals surface area (Å²) < 4.78 is 4.75. The first kappa shape index (κ1) is 15.3. The van der Waals surface area contributed by atoms with Gasteiger partial charge in [-0.15, -0.1) is 0 Å². The molecule has 0 aliphatic carbocycles. The van der Waals surface area contributed by atoms with Gasteiger partial charge in [0, 0.05) is 25.7 Å². The molecule has 114 valence electrons. The molecule has 0 bridgehead atoms. The monoisotopic (exact) mass is 283 g/mol. The van der Waals surface area contributed by atoms with E-state index in [2.05, 4.69) is 4.90 Å². The molecule has 20 heavy (non-hydrogen) atoms. The van der Waals surface area contributed by atoms with Crippen molar-refractivity contribution in [3.8, 4) is 0 Å². The molecule has 0 aromatic rings. The quantitative estimate of drug-likeness (QED) is 0.727. The molecule has 2 saturated heterocycles. The lowest BCUT2D eigenvalue weighted by Gasteiger charge is -2.34. The highest BCUT2D eigenvalue weighted by Gasteiger charge is 2.29. The normalized spacial score (nSPS) is 25.5. The van der Waals surface area contributed by atoms with Crippen molar-refractivity contribution in [1.29, 1.82) is 0 Å². The van der Waals surface area contributed by atoms with E-state index in [4.69, 9.17) is 10.5 Å². The Morgan fingerprint density at radius 1 is 1.20 bits per heavy atom. The maximum Gasteiger partial charge on any atom is 0.308 e. The number of nitrogens with two attached hydrogens (primary N) is 1. The second-order valence-corrected chi connectivity index (χ2v) is 5.82. The van der Waals surface area contributed by atoms with E-state index >= 15 is 0 Å². The van der Waals surface area contributed by atoms with Gasteiger partial charge in [-0.25, -0.2) is 0 Å². The first-order valence-electron chi connectivity index (χ1n) is 7.43. The second kappa shape index (κ2) is 7.04. The fourth-order valence-electron chi connectivity index (χ4n) is 3.06. The van der Waals surface area contributed by atoms with E-state index < -0.39 is 0 Å². The molecule has 2 aliphatic rings. The van der Waals surface area contributed by atoms with Gasteiger partial charge in [-0.3, -0.25) is 14.5 Å². The van der Waals surface area contributed by atoms with Crippen LogP contribution in [0.2, 0.25) is 0 Å². The van der Waals surface area contributed by atoms with Crippen LogP contribution in [0.1, 0.15) is 25.7 Å². The summed E-state index contributed by atoms with van der Waals surface area (Å²) in [4.78, 5) is 27.7. The predicted molar refractivity (Wildman–Crippen MR) is 75.0 cm³/mol. The Kier molecular flexibility index (Phi) is 5.37. The lowest BCUT2D eigenvalue weighted by molar-refractivity contribution is -0.149. The molecular formula is C14H25N3O3. The fourth-order valence-corrected chi connectivity index (χ4v) is 3.06. The van der Waals surface area contributed by atoms with Gasteiger partial charge in [-0.2, -0.15) is 0 Å². The van der Waals surface area contributed by atoms with Crippen LogP contribution in [0, 0.1) is 5.92 Å². The third-order valence-corrected chi connectivity index (χ3v) is 4.28. The standard InChI is InChI=1S/C14H25N3O3/c1-20-14(19)11-4-7-17(8-5-11)13(18)10-16-6-2-3-12(15)9-16/h11-12H,2-10,15H2,1H3. The van der Waals surface area contributed by atoms with Gasteiger partial charge in [0.2, 0.25) is 5.91 Å². The van der Waals surface area contributed by atoms with E-state index in [1.54, 1.807) is 0 Å². The molecule has 0 aromatic heterocycles. The number of likely N-dealkylation sites (tertiary alicyclic amines) is 2. The highest BCUT2D eigenvalue weighted by atomic mass is 16.5. The third-order valence-electron chi connectivity index (χ3n) is 4.28. The molecule has 2 heterocycles. The van der Waals surface area contributed by atoms with Gasteiger partial charge in [-0.1, -0.05) is 0 Å². The van der Waals surface area contributed by atoms with Crippen LogP contribution in [-0.2, 0) is 14.3 Å². The largest absolute Gasteiger partial charge is 0.469 e. The van der Waals surface area contributed by atoms with Crippen LogP contribution in [-0.4, -0.2) is 67.6 Å². The first-order valence-corrected chi connectivity index (χ1v) is 7.43. The van der Waals surface area contributed by atoms with Crippen LogP contribution in [0.5, 0.6) is 0 Å². The molecule has 0 spiro atoms. The minimum absolute atomic E-state index is 0.0486. The zero-order chi connectivity index (χ0) is 14.5. The van der Waals surface area contributed by atoms with Crippen molar-refractivity contribution < 1.29 is 14.3 Å². The first-order chi connectivity index (χ1) is 9.60. The number of carbonyl (C=O) groups is 2. The predicted octanol–water partition coefficient (Wildman–Crippen LogP) is -0.179. The summed E-state index contributed by atoms with van der Waals surface area (Å²) in [7, 11) is 1.42. The van der Waals surface area contributed by atoms with Gasteiger partial charge in [0.05, 0.1) is 19.6 Å². The second-order valence-electron chi connectivity index (χ2n) is 5.82. The maximum atomic E-state index is 12.2. The van der Waals surface area contributed by atoms with Crippen LogP contribution in [0.4, 0.5) is 0 Å². The summed E-state index contributed by atoms with van der Waals surface area (Å²) in [6.45, 7) is 3.52. The van der Waals surface area contributed by atoms with Crippen LogP contribution >= 0.6 is 0 Å². The fraction of sp³-hybridized carbons (Fsp3) is 0.857. The summed E-state index contributed by atoms with van der Waals surface area (Å²) in [6, 6.07) is 0.196. The molecule has 6 heteroatoms. The molecular weight excluding hydrogens is 258 g/mol. The Bertz CT molecular complexity index is 354. The van der Waals surface area contributed by atoms with Crippen molar-refractivity contribution in [2.75, 3.05) is 39.8 Å². The number of hydrogen-bond acceptors (Lipinski definition) is 5. The Hall–Kier alpha value is -1.14. The highest BCUT2D eigenvalue weighted by molar-refractivity contribution is 5.79. The summed E-state index contributed by atoms with van der Waals surface area (Å²) in [5.41, 5.74) is 5.93. The molecule has 2 N–H and O–H groups in total. The van der Waals surface area contributed by atoms with E-state index in [-0.39, 0.29) is 23.8 Å². The molecule has 2 aliphatic heterocycles. The van der Waals surface area contributed by atoms with Crippen LogP contribution in [0.15, 0.2) is 0 Å². The molecule has 2 fully saturated rings. The minimum Gasteiger partial charge on any atom is -0.469 e. The van der Waals surface area contributed by atoms with Gasteiger partial charge in [0.15, 0.2) is 0 Å². The van der Waals surface area contributed by atoms with E-state index in [0.29, 0.717) is 32.5 Å². The van der Waals surface area contributed by atoms with Crippen molar-refractivity contribution in [1.82, 2.24) is 9.80 Å². The minimum atomic E-state index is -0.154. The van der Waals surface area contributed by atoms with E-state index in [9.17, 15) is 9.59 Å². The van der Waals surface area contributed by atoms with Gasteiger partial charge in [-0.05, 0) is 32.2 Å². The number of nitrogens with zero attached hydrogens (tertiary/aromatic N) is 2. The van der Waals surface area contributed by atoms with Gasteiger partial charge in [0.1, 0.15) is 0 Å². The lowest BCUT2D eigenvalue weighted by Crippen LogP contribution is -2.49. The van der Waals surface area contributed by atoms with Gasteiger partial charge in [0.25, 0.3) is 0 Å². The Morgan fingerprint density at radius 3 is 2.50 bits per heavy atom. The Labute approximate surface area is 120 Å². The molecule has 0 aromatic carbocycles. The molecule has 1 amide bonds. The third kappa shape index (κ3) is 3.93. The number of rotatable bonds is 3. The molecule has 2 rings (SSSR count). The lowest BCUT2D eigenvalue weighted by atomic mass is 9.97. The van der Waals surface area contributed by atoms with Crippen molar-refractivity contribution >= 4 is 11.9 Å². The summed E-state index contributed by atoms with van der Waals surface area (Å²) in [6.07, 6.45) is 3.53. The van der Waals surface area contributed by atoms with E-state index in [1.807, 2.05) is 4.90 Å². The Morgan fingerprint density at radius 2 is 1.90 bits per heavy atom. The molecule has 1 unspecified atom stereocenters. The number of carbonyl (C=O) groups excluding carboxylic acids is 2. The van der Waals surface area contributed by atoms with Crippen LogP contribution in [0.25, 0.3) is 0 Å². The SMILES string of the molecule is COC(=O)C1CCN(C(=O)CN2CCCC(N)C2)CC1. The summed E-state index contributed by atoms with van der Waals surface area (Å²) >= 11 is 0.